The molecule has 4 rings (SSSR count). The van der Waals surface area contributed by atoms with Crippen molar-refractivity contribution in [3.8, 4) is 0 Å². The van der Waals surface area contributed by atoms with Crippen molar-refractivity contribution in [3.63, 3.8) is 0 Å². The monoisotopic (exact) mass is 352 g/mol. The predicted octanol–water partition coefficient (Wildman–Crippen LogP) is 7.17. The maximum absolute atomic E-state index is 2.43. The third kappa shape index (κ3) is 4.57. The minimum absolute atomic E-state index is 0.434. The Balaban J connectivity index is 1.69. The molecule has 0 heterocycles. The van der Waals surface area contributed by atoms with Crippen LogP contribution in [0.1, 0.15) is 59.4 Å². The molecule has 0 radical (unpaired) electrons. The molecular formula is C27H28. The standard InChI is InChI=1S/C27H28/c1-21-18-27(17-16-22-8-3-2-4-9-22)26-15-7-13-24(20-26)11-5-10-23-12-6-14-25(21)19-23/h2-4,6-9,12-17,19-21,27H,5,10-11,18H2,1H3/b17-16+/t21-,27?/m1/s1. The molecule has 1 aliphatic rings. The zero-order valence-corrected chi connectivity index (χ0v) is 16.1. The van der Waals surface area contributed by atoms with Crippen LogP contribution in [0.3, 0.4) is 0 Å². The van der Waals surface area contributed by atoms with Crippen LogP contribution < -0.4 is 0 Å². The van der Waals surface area contributed by atoms with Crippen molar-refractivity contribution < 1.29 is 0 Å². The van der Waals surface area contributed by atoms with E-state index < -0.39 is 0 Å². The molecule has 4 bridgehead atoms. The highest BCUT2D eigenvalue weighted by atomic mass is 14.2. The molecule has 3 aromatic carbocycles. The molecule has 0 aromatic heterocycles. The second kappa shape index (κ2) is 8.39. The summed E-state index contributed by atoms with van der Waals surface area (Å²) in [5, 5.41) is 0. The summed E-state index contributed by atoms with van der Waals surface area (Å²) in [5.41, 5.74) is 7.14. The number of benzene rings is 3. The fraction of sp³-hybridized carbons (Fsp3) is 0.259. The van der Waals surface area contributed by atoms with Gasteiger partial charge < -0.3 is 0 Å². The summed E-state index contributed by atoms with van der Waals surface area (Å²) < 4.78 is 0. The Morgan fingerprint density at radius 3 is 2.15 bits per heavy atom. The lowest BCUT2D eigenvalue weighted by molar-refractivity contribution is 0.627. The van der Waals surface area contributed by atoms with E-state index in [2.05, 4.69) is 97.9 Å². The lowest BCUT2D eigenvalue weighted by atomic mass is 9.83. The first-order valence-corrected chi connectivity index (χ1v) is 10.2. The molecule has 0 fully saturated rings. The lowest BCUT2D eigenvalue weighted by Gasteiger charge is -2.21. The Hall–Kier alpha value is -2.60. The predicted molar refractivity (Wildman–Crippen MR) is 116 cm³/mol. The smallest absolute Gasteiger partial charge is 0.00271 e. The van der Waals surface area contributed by atoms with Crippen LogP contribution >= 0.6 is 0 Å². The van der Waals surface area contributed by atoms with Crippen molar-refractivity contribution in [2.75, 3.05) is 0 Å². The highest BCUT2D eigenvalue weighted by molar-refractivity contribution is 5.51. The van der Waals surface area contributed by atoms with Crippen LogP contribution in [0.25, 0.3) is 6.08 Å². The number of rotatable bonds is 2. The topological polar surface area (TPSA) is 0 Å². The van der Waals surface area contributed by atoms with Gasteiger partial charge in [-0.05, 0) is 59.4 Å². The van der Waals surface area contributed by atoms with Gasteiger partial charge >= 0.3 is 0 Å². The molecule has 27 heavy (non-hydrogen) atoms. The molecule has 0 spiro atoms. The molecule has 0 heteroatoms. The van der Waals surface area contributed by atoms with E-state index in [1.165, 1.54) is 40.7 Å². The van der Waals surface area contributed by atoms with Crippen LogP contribution in [0, 0.1) is 0 Å². The van der Waals surface area contributed by atoms with Gasteiger partial charge in [0.25, 0.3) is 0 Å². The van der Waals surface area contributed by atoms with Crippen LogP contribution in [-0.4, -0.2) is 0 Å². The number of hydrogen-bond acceptors (Lipinski definition) is 0. The van der Waals surface area contributed by atoms with Gasteiger partial charge in [-0.2, -0.15) is 0 Å². The molecule has 1 unspecified atom stereocenters. The highest BCUT2D eigenvalue weighted by Crippen LogP contribution is 2.33. The maximum atomic E-state index is 2.43. The van der Waals surface area contributed by atoms with Crippen LogP contribution in [0.4, 0.5) is 0 Å². The maximum Gasteiger partial charge on any atom is 0.00271 e. The van der Waals surface area contributed by atoms with E-state index in [1.807, 2.05) is 0 Å². The minimum atomic E-state index is 0.434. The van der Waals surface area contributed by atoms with E-state index in [4.69, 9.17) is 0 Å². The Morgan fingerprint density at radius 1 is 0.741 bits per heavy atom. The van der Waals surface area contributed by atoms with E-state index in [9.17, 15) is 0 Å². The number of hydrogen-bond donors (Lipinski definition) is 0. The quantitative estimate of drug-likeness (QED) is 0.459. The fourth-order valence-electron chi connectivity index (χ4n) is 4.17. The van der Waals surface area contributed by atoms with Gasteiger partial charge in [0.2, 0.25) is 0 Å². The summed E-state index contributed by atoms with van der Waals surface area (Å²) in [6.45, 7) is 2.37. The average molecular weight is 353 g/mol. The first kappa shape index (κ1) is 17.8. The van der Waals surface area contributed by atoms with Crippen molar-refractivity contribution in [1.29, 1.82) is 0 Å². The van der Waals surface area contributed by atoms with Gasteiger partial charge in [-0.25, -0.2) is 0 Å². The average Bonchev–Trinajstić information content (AvgIpc) is 2.71. The number of allylic oxidation sites excluding steroid dienone is 1. The molecule has 0 amide bonds. The Labute approximate surface area is 163 Å². The normalized spacial score (nSPS) is 20.0. The van der Waals surface area contributed by atoms with E-state index >= 15 is 0 Å². The molecular weight excluding hydrogens is 324 g/mol. The lowest BCUT2D eigenvalue weighted by Crippen LogP contribution is -2.05. The third-order valence-corrected chi connectivity index (χ3v) is 5.76. The summed E-state index contributed by atoms with van der Waals surface area (Å²) >= 11 is 0. The van der Waals surface area contributed by atoms with Crippen molar-refractivity contribution in [1.82, 2.24) is 0 Å². The Kier molecular flexibility index (Phi) is 5.53. The third-order valence-electron chi connectivity index (χ3n) is 5.76. The summed E-state index contributed by atoms with van der Waals surface area (Å²) in [4.78, 5) is 0. The molecule has 0 aliphatic heterocycles. The van der Waals surface area contributed by atoms with Crippen molar-refractivity contribution >= 4 is 6.08 Å². The molecule has 0 saturated carbocycles. The summed E-state index contributed by atoms with van der Waals surface area (Å²) in [5.74, 6) is 0.974. The summed E-state index contributed by atoms with van der Waals surface area (Å²) in [6, 6.07) is 29.2. The van der Waals surface area contributed by atoms with Crippen molar-refractivity contribution in [2.45, 2.75) is 44.4 Å². The second-order valence-corrected chi connectivity index (χ2v) is 7.86. The van der Waals surface area contributed by atoms with Crippen LogP contribution in [0.15, 0.2) is 84.9 Å². The van der Waals surface area contributed by atoms with Gasteiger partial charge in [-0.3, -0.25) is 0 Å². The van der Waals surface area contributed by atoms with Gasteiger partial charge in [-0.15, -0.1) is 0 Å². The van der Waals surface area contributed by atoms with Gasteiger partial charge in [0.05, 0.1) is 0 Å². The van der Waals surface area contributed by atoms with E-state index in [1.54, 1.807) is 0 Å². The van der Waals surface area contributed by atoms with Crippen LogP contribution in [-0.2, 0) is 12.8 Å². The zero-order chi connectivity index (χ0) is 18.5. The molecule has 1 aliphatic carbocycles. The van der Waals surface area contributed by atoms with Gasteiger partial charge in [0.1, 0.15) is 0 Å². The molecule has 3 aromatic rings. The fourth-order valence-corrected chi connectivity index (χ4v) is 4.17. The van der Waals surface area contributed by atoms with Gasteiger partial charge in [-0.1, -0.05) is 97.9 Å². The largest absolute Gasteiger partial charge is 0.0764 e. The molecule has 0 nitrogen and oxygen atoms in total. The first-order chi connectivity index (χ1) is 13.3. The number of fused-ring (bicyclic) bond motifs is 4. The summed E-state index contributed by atoms with van der Waals surface area (Å²) in [7, 11) is 0. The van der Waals surface area contributed by atoms with E-state index in [-0.39, 0.29) is 0 Å². The van der Waals surface area contributed by atoms with Crippen molar-refractivity contribution in [2.24, 2.45) is 0 Å². The first-order valence-electron chi connectivity index (χ1n) is 10.2. The molecule has 2 atom stereocenters. The van der Waals surface area contributed by atoms with Gasteiger partial charge in [0.15, 0.2) is 0 Å². The van der Waals surface area contributed by atoms with Crippen LogP contribution in [0.2, 0.25) is 0 Å². The highest BCUT2D eigenvalue weighted by Gasteiger charge is 2.16. The molecule has 0 saturated heterocycles. The molecule has 136 valence electrons. The van der Waals surface area contributed by atoms with Gasteiger partial charge in [0, 0.05) is 5.92 Å². The Morgan fingerprint density at radius 2 is 1.41 bits per heavy atom. The summed E-state index contributed by atoms with van der Waals surface area (Å²) in [6.07, 6.45) is 9.36. The number of aryl methyl sites for hydroxylation is 2. The van der Waals surface area contributed by atoms with Crippen LogP contribution in [0.5, 0.6) is 0 Å². The SMILES string of the molecule is C[C@@H]1CC(/C=C/c2ccccc2)c2cccc(c2)CCCc2cccc1c2. The Bertz CT molecular complexity index is 904. The zero-order valence-electron chi connectivity index (χ0n) is 16.1. The molecule has 0 N–H and O–H groups in total. The van der Waals surface area contributed by atoms with E-state index in [0.29, 0.717) is 11.8 Å². The minimum Gasteiger partial charge on any atom is -0.0764 e. The van der Waals surface area contributed by atoms with Crippen molar-refractivity contribution in [3.05, 3.63) is 113 Å². The van der Waals surface area contributed by atoms with E-state index in [0.717, 1.165) is 12.8 Å². The second-order valence-electron chi connectivity index (χ2n) is 7.86.